The van der Waals surface area contributed by atoms with Crippen LogP contribution in [0.5, 0.6) is 5.75 Å². The van der Waals surface area contributed by atoms with Crippen LogP contribution in [0.3, 0.4) is 0 Å². The zero-order valence-corrected chi connectivity index (χ0v) is 28.2. The number of ether oxygens (including phenoxy) is 1. The van der Waals surface area contributed by atoms with Gasteiger partial charge in [-0.3, -0.25) is 4.79 Å². The van der Waals surface area contributed by atoms with Crippen LogP contribution in [0.4, 0.5) is 11.4 Å². The Morgan fingerprint density at radius 3 is 2.54 bits per heavy atom. The first-order valence-electron chi connectivity index (χ1n) is 15.4. The number of likely N-dealkylation sites (N-methyl/N-ethyl adjacent to an activating group) is 1. The molecule has 3 aromatic carbocycles. The van der Waals surface area contributed by atoms with E-state index in [0.717, 1.165) is 33.5 Å². The molecule has 4 N–H and O–H groups in total. The summed E-state index contributed by atoms with van der Waals surface area (Å²) in [6, 6.07) is 17.9. The predicted molar refractivity (Wildman–Crippen MR) is 183 cm³/mol. The normalized spacial score (nSPS) is 15.8. The Labute approximate surface area is 273 Å². The first-order valence-corrected chi connectivity index (χ1v) is 16.5. The highest BCUT2D eigenvalue weighted by Crippen LogP contribution is 2.43. The summed E-state index contributed by atoms with van der Waals surface area (Å²) in [5, 5.41) is 1.63. The van der Waals surface area contributed by atoms with E-state index in [2.05, 4.69) is 55.0 Å². The number of nitrogen functional groups attached to an aromatic ring is 1. The lowest BCUT2D eigenvalue weighted by Gasteiger charge is -2.43. The van der Waals surface area contributed by atoms with Crippen molar-refractivity contribution in [3.05, 3.63) is 107 Å². The molecule has 0 saturated heterocycles. The maximum atomic E-state index is 13.8. The number of nitrogens with two attached hydrogens (primary N) is 2. The third-order valence-electron chi connectivity index (χ3n) is 9.10. The summed E-state index contributed by atoms with van der Waals surface area (Å²) >= 11 is 0. The largest absolute Gasteiger partial charge is 0.491 e. The standard InChI is InChI=1S/C35H43N7O3S/c1-7-42(37)29-15-14-28(24(3)33(29)36)32(35(4,5)40(6)34(43)27-19-38-22-39-20-27)25-13-12-23(2)26(18-25)21-41-16-17-45-30-10-8-9-11-31(30)46(41)44/h8-15,18-20,22,32H,7,16-17,21,36-37H2,1-6H3. The number of carbonyl (C=O) groups excluding carboxylic acids is 1. The number of rotatable bonds is 9. The van der Waals surface area contributed by atoms with Gasteiger partial charge in [0.15, 0.2) is 0 Å². The number of anilines is 2. The van der Waals surface area contributed by atoms with Crippen molar-refractivity contribution in [1.29, 1.82) is 0 Å². The molecule has 0 saturated carbocycles. The lowest BCUT2D eigenvalue weighted by molar-refractivity contribution is 0.0595. The maximum absolute atomic E-state index is 13.8. The Bertz CT molecular complexity index is 1750. The first-order chi connectivity index (χ1) is 21.9. The lowest BCUT2D eigenvalue weighted by Crippen LogP contribution is -2.50. The zero-order valence-electron chi connectivity index (χ0n) is 27.4. The average molecular weight is 642 g/mol. The molecule has 5 rings (SSSR count). The molecule has 2 atom stereocenters. The van der Waals surface area contributed by atoms with Crippen molar-refractivity contribution in [3.8, 4) is 5.75 Å². The molecule has 1 aromatic heterocycles. The van der Waals surface area contributed by atoms with Crippen molar-refractivity contribution < 1.29 is 13.7 Å². The van der Waals surface area contributed by atoms with Crippen LogP contribution in [-0.4, -0.2) is 61.6 Å². The number of aromatic nitrogens is 2. The summed E-state index contributed by atoms with van der Waals surface area (Å²) in [5.74, 6) is 6.43. The molecule has 0 spiro atoms. The molecule has 1 amide bonds. The maximum Gasteiger partial charge on any atom is 0.257 e. The molecule has 10 nitrogen and oxygen atoms in total. The van der Waals surface area contributed by atoms with Gasteiger partial charge >= 0.3 is 0 Å². The van der Waals surface area contributed by atoms with Gasteiger partial charge in [0, 0.05) is 50.5 Å². The Kier molecular flexibility index (Phi) is 9.76. The number of benzene rings is 3. The van der Waals surface area contributed by atoms with Gasteiger partial charge in [0.1, 0.15) is 29.7 Å². The van der Waals surface area contributed by atoms with Crippen LogP contribution in [-0.2, 0) is 17.5 Å². The summed E-state index contributed by atoms with van der Waals surface area (Å²) in [6.45, 7) is 12.2. The fourth-order valence-electron chi connectivity index (χ4n) is 6.05. The third-order valence-corrected chi connectivity index (χ3v) is 10.6. The van der Waals surface area contributed by atoms with Crippen LogP contribution in [0.2, 0.25) is 0 Å². The molecule has 0 fully saturated rings. The van der Waals surface area contributed by atoms with E-state index >= 15 is 0 Å². The van der Waals surface area contributed by atoms with E-state index in [1.54, 1.807) is 17.0 Å². The topological polar surface area (TPSA) is 131 Å². The zero-order chi connectivity index (χ0) is 33.2. The minimum atomic E-state index is -1.39. The number of hydrogen-bond donors (Lipinski definition) is 2. The van der Waals surface area contributed by atoms with Gasteiger partial charge in [0.05, 0.1) is 21.8 Å². The molecule has 0 bridgehead atoms. The summed E-state index contributed by atoms with van der Waals surface area (Å²) in [7, 11) is 0.418. The van der Waals surface area contributed by atoms with Crippen molar-refractivity contribution in [3.63, 3.8) is 0 Å². The summed E-state index contributed by atoms with van der Waals surface area (Å²) in [5.41, 5.74) is 12.7. The number of hydrogen-bond acceptors (Lipinski definition) is 8. The van der Waals surface area contributed by atoms with Gasteiger partial charge in [-0.2, -0.15) is 0 Å². The number of aryl methyl sites for hydroxylation is 1. The number of amides is 1. The molecule has 242 valence electrons. The minimum Gasteiger partial charge on any atom is -0.491 e. The number of carbonyl (C=O) groups is 1. The van der Waals surface area contributed by atoms with E-state index in [9.17, 15) is 9.00 Å². The fraction of sp³-hybridized carbons (Fsp3) is 0.343. The van der Waals surface area contributed by atoms with Crippen LogP contribution in [0, 0.1) is 13.8 Å². The Hall–Kier alpha value is -4.32. The molecule has 2 heterocycles. The predicted octanol–water partition coefficient (Wildman–Crippen LogP) is 4.98. The van der Waals surface area contributed by atoms with Crippen LogP contribution >= 0.6 is 0 Å². The van der Waals surface area contributed by atoms with Crippen LogP contribution in [0.15, 0.2) is 78.2 Å². The highest BCUT2D eigenvalue weighted by Gasteiger charge is 2.40. The van der Waals surface area contributed by atoms with E-state index in [1.165, 1.54) is 18.7 Å². The fourth-order valence-corrected chi connectivity index (χ4v) is 7.32. The Morgan fingerprint density at radius 2 is 1.83 bits per heavy atom. The van der Waals surface area contributed by atoms with Crippen molar-refractivity contribution in [2.75, 3.05) is 37.5 Å². The average Bonchev–Trinajstić information content (AvgIpc) is 3.22. The molecule has 4 aromatic rings. The van der Waals surface area contributed by atoms with Gasteiger partial charge < -0.3 is 20.4 Å². The molecule has 0 radical (unpaired) electrons. The van der Waals surface area contributed by atoms with E-state index in [-0.39, 0.29) is 11.8 Å². The van der Waals surface area contributed by atoms with Crippen LogP contribution in [0.25, 0.3) is 0 Å². The molecule has 11 heteroatoms. The lowest BCUT2D eigenvalue weighted by atomic mass is 9.73. The Balaban J connectivity index is 1.60. The monoisotopic (exact) mass is 641 g/mol. The molecule has 46 heavy (non-hydrogen) atoms. The summed E-state index contributed by atoms with van der Waals surface area (Å²) in [6.07, 6.45) is 4.47. The van der Waals surface area contributed by atoms with Crippen LogP contribution in [0.1, 0.15) is 64.9 Å². The second-order valence-corrected chi connectivity index (χ2v) is 13.6. The minimum absolute atomic E-state index is 0.192. The third kappa shape index (κ3) is 6.35. The van der Waals surface area contributed by atoms with Crippen molar-refractivity contribution in [2.45, 2.75) is 57.5 Å². The van der Waals surface area contributed by atoms with Crippen molar-refractivity contribution in [1.82, 2.24) is 19.2 Å². The van der Waals surface area contributed by atoms with E-state index in [4.69, 9.17) is 16.3 Å². The Morgan fingerprint density at radius 1 is 1.11 bits per heavy atom. The van der Waals surface area contributed by atoms with E-state index in [1.807, 2.05) is 48.5 Å². The molecule has 2 unspecified atom stereocenters. The van der Waals surface area contributed by atoms with Crippen molar-refractivity contribution in [2.24, 2.45) is 5.84 Å². The summed E-state index contributed by atoms with van der Waals surface area (Å²) < 4.78 is 21.6. The number of fused-ring (bicyclic) bond motifs is 1. The van der Waals surface area contributed by atoms with Crippen LogP contribution < -0.4 is 21.3 Å². The number of hydrazine groups is 1. The molecular formula is C35H43N7O3S. The second kappa shape index (κ2) is 13.6. The SMILES string of the molecule is CCN(N)c1ccc(C(c2ccc(C)c(CN3CCOc4ccccc4S3=O)c2)C(C)(C)N(C)C(=O)c2cncnc2)c(C)c1N. The molecule has 0 aliphatic carbocycles. The molecular weight excluding hydrogens is 598 g/mol. The molecule has 1 aliphatic rings. The molecule has 1 aliphatic heterocycles. The van der Waals surface area contributed by atoms with Crippen molar-refractivity contribution >= 4 is 28.3 Å². The quantitative estimate of drug-likeness (QED) is 0.149. The number of para-hydroxylation sites is 1. The van der Waals surface area contributed by atoms with Gasteiger partial charge in [0.25, 0.3) is 5.91 Å². The summed E-state index contributed by atoms with van der Waals surface area (Å²) in [4.78, 5) is 24.3. The van der Waals surface area contributed by atoms with Gasteiger partial charge in [-0.15, -0.1) is 0 Å². The number of nitrogens with zero attached hydrogens (tertiary/aromatic N) is 5. The van der Waals surface area contributed by atoms with E-state index < -0.39 is 16.5 Å². The highest BCUT2D eigenvalue weighted by molar-refractivity contribution is 7.82. The smallest absolute Gasteiger partial charge is 0.257 e. The van der Waals surface area contributed by atoms with Gasteiger partial charge in [-0.25, -0.2) is 24.3 Å². The van der Waals surface area contributed by atoms with Gasteiger partial charge in [-0.05, 0) is 80.6 Å². The van der Waals surface area contributed by atoms with Gasteiger partial charge in [-0.1, -0.05) is 36.4 Å². The first kappa shape index (κ1) is 33.1. The highest BCUT2D eigenvalue weighted by atomic mass is 32.2. The van der Waals surface area contributed by atoms with E-state index in [0.29, 0.717) is 48.1 Å². The second-order valence-electron chi connectivity index (χ2n) is 12.2. The van der Waals surface area contributed by atoms with Gasteiger partial charge in [0.2, 0.25) is 0 Å².